The third kappa shape index (κ3) is 6.24. The van der Waals surface area contributed by atoms with Crippen molar-refractivity contribution in [2.75, 3.05) is 0 Å². The van der Waals surface area contributed by atoms with Crippen LogP contribution in [0.4, 0.5) is 0 Å². The number of carbonyl (C=O) groups excluding carboxylic acids is 2. The number of aromatic nitrogens is 4. The van der Waals surface area contributed by atoms with Gasteiger partial charge in [0.25, 0.3) is 0 Å². The first-order chi connectivity index (χ1) is 39.6. The minimum Gasteiger partial charge on any atom is -0.309 e. The second-order valence-corrected chi connectivity index (χ2v) is 21.1. The molecule has 80 heavy (non-hydrogen) atoms. The highest BCUT2D eigenvalue weighted by atomic mass is 16.1. The van der Waals surface area contributed by atoms with Crippen LogP contribution in [0.25, 0.3) is 132 Å². The SMILES string of the molecule is O=C1c2ccc(-n3c4ccccc4c4ccccc43)cc2-c2cc(-n3c4ccccc4c4ccccc43)ccc2C(=O)c2ccc(-n3c4ccccc4c4ccccc43)cc2-c2cc(-n3c4ccccc4c4ccccc43)ccc21. The van der Waals surface area contributed by atoms with E-state index in [0.29, 0.717) is 44.5 Å². The molecule has 17 rings (SSSR count). The van der Waals surface area contributed by atoms with Crippen molar-refractivity contribution in [2.45, 2.75) is 0 Å². The molecule has 12 aromatic carbocycles. The zero-order chi connectivity index (χ0) is 52.7. The van der Waals surface area contributed by atoms with E-state index in [2.05, 4.69) is 261 Å². The van der Waals surface area contributed by atoms with Gasteiger partial charge < -0.3 is 18.3 Å². The van der Waals surface area contributed by atoms with Crippen LogP contribution >= 0.6 is 0 Å². The molecule has 16 aromatic rings. The van der Waals surface area contributed by atoms with Crippen LogP contribution in [0.2, 0.25) is 0 Å². The highest BCUT2D eigenvalue weighted by Crippen LogP contribution is 2.44. The summed E-state index contributed by atoms with van der Waals surface area (Å²) < 4.78 is 9.13. The lowest BCUT2D eigenvalue weighted by Crippen LogP contribution is -2.14. The van der Waals surface area contributed by atoms with Gasteiger partial charge in [-0.25, -0.2) is 0 Å². The van der Waals surface area contributed by atoms with Crippen LogP contribution in [0.5, 0.6) is 0 Å². The molecule has 4 heterocycles. The fourth-order valence-corrected chi connectivity index (χ4v) is 13.5. The van der Waals surface area contributed by atoms with Gasteiger partial charge in [-0.15, -0.1) is 0 Å². The summed E-state index contributed by atoms with van der Waals surface area (Å²) in [4.78, 5) is 33.0. The molecule has 0 unspecified atom stereocenters. The molecular formula is C74H44N4O2. The third-order valence-corrected chi connectivity index (χ3v) is 16.9. The number of para-hydroxylation sites is 8. The van der Waals surface area contributed by atoms with Crippen molar-refractivity contribution in [3.8, 4) is 45.0 Å². The maximum absolute atomic E-state index is 16.5. The highest BCUT2D eigenvalue weighted by Gasteiger charge is 2.30. The number of carbonyl (C=O) groups is 2. The van der Waals surface area contributed by atoms with Crippen LogP contribution in [0.1, 0.15) is 31.8 Å². The average molecular weight is 1020 g/mol. The Morgan fingerprint density at radius 2 is 0.338 bits per heavy atom. The molecule has 0 saturated heterocycles. The van der Waals surface area contributed by atoms with Crippen LogP contribution in [0, 0.1) is 0 Å². The Labute approximate surface area is 458 Å². The molecule has 0 aliphatic heterocycles. The molecule has 0 spiro atoms. The Hall–Kier alpha value is -10.8. The van der Waals surface area contributed by atoms with Crippen molar-refractivity contribution >= 4 is 98.8 Å². The fourth-order valence-electron chi connectivity index (χ4n) is 13.5. The number of fused-ring (bicyclic) bond motifs is 18. The van der Waals surface area contributed by atoms with E-state index in [1.807, 2.05) is 24.3 Å². The molecule has 0 amide bonds. The van der Waals surface area contributed by atoms with Gasteiger partial charge >= 0.3 is 0 Å². The van der Waals surface area contributed by atoms with E-state index in [-0.39, 0.29) is 11.6 Å². The minimum atomic E-state index is -0.145. The number of benzene rings is 12. The van der Waals surface area contributed by atoms with Crippen LogP contribution in [-0.2, 0) is 0 Å². The molecule has 6 heteroatoms. The molecular weight excluding hydrogens is 977 g/mol. The van der Waals surface area contributed by atoms with Crippen molar-refractivity contribution in [3.63, 3.8) is 0 Å². The molecule has 372 valence electrons. The molecule has 0 saturated carbocycles. The van der Waals surface area contributed by atoms with E-state index in [9.17, 15) is 0 Å². The zero-order valence-corrected chi connectivity index (χ0v) is 43.0. The van der Waals surface area contributed by atoms with Crippen molar-refractivity contribution in [3.05, 3.63) is 289 Å². The lowest BCUT2D eigenvalue weighted by atomic mass is 9.82. The molecule has 6 nitrogen and oxygen atoms in total. The van der Waals surface area contributed by atoms with Gasteiger partial charge in [0, 0.05) is 88.1 Å². The second-order valence-electron chi connectivity index (χ2n) is 21.1. The monoisotopic (exact) mass is 1020 g/mol. The first-order valence-corrected chi connectivity index (χ1v) is 27.2. The maximum atomic E-state index is 16.5. The molecule has 1 aliphatic rings. The van der Waals surface area contributed by atoms with Gasteiger partial charge in [-0.3, -0.25) is 9.59 Å². The smallest absolute Gasteiger partial charge is 0.194 e. The lowest BCUT2D eigenvalue weighted by molar-refractivity contribution is 0.102. The van der Waals surface area contributed by atoms with Crippen LogP contribution < -0.4 is 0 Å². The quantitative estimate of drug-likeness (QED) is 0.176. The topological polar surface area (TPSA) is 53.9 Å². The third-order valence-electron chi connectivity index (χ3n) is 16.9. The van der Waals surface area contributed by atoms with Gasteiger partial charge in [0.15, 0.2) is 11.6 Å². The highest BCUT2D eigenvalue weighted by molar-refractivity contribution is 6.24. The first-order valence-electron chi connectivity index (χ1n) is 27.2. The van der Waals surface area contributed by atoms with Crippen molar-refractivity contribution in [2.24, 2.45) is 0 Å². The Bertz CT molecular complexity index is 4490. The van der Waals surface area contributed by atoms with Gasteiger partial charge in [0.2, 0.25) is 0 Å². The number of hydrogen-bond donors (Lipinski definition) is 0. The summed E-state index contributed by atoms with van der Waals surface area (Å²) in [5.41, 5.74) is 16.6. The van der Waals surface area contributed by atoms with E-state index in [4.69, 9.17) is 0 Å². The summed E-state index contributed by atoms with van der Waals surface area (Å²) in [6, 6.07) is 92.5. The average Bonchev–Trinajstić information content (AvgIpc) is 4.42. The Balaban J connectivity index is 0.983. The first kappa shape index (κ1) is 44.3. The largest absolute Gasteiger partial charge is 0.309 e. The standard InChI is InChI=1S/C74H44N4O2/c79-73-57-37-33-45(75-65-25-9-1-17-49(65)50-18-2-10-26-66(50)75)41-61(57)62-42-46(76-67-27-11-3-19-51(67)52-20-4-12-28-68(52)76)34-38-58(62)74(80)60-40-36-48(78-71-31-15-7-23-55(71)56-24-8-16-32-72(56)78)44-64(60)63-43-47(35-39-59(63)73)77-69-29-13-5-21-53(69)54-22-6-14-30-70(54)77/h1-44H. The second kappa shape index (κ2) is 16.8. The fraction of sp³-hybridized carbons (Fsp3) is 0. The van der Waals surface area contributed by atoms with Crippen LogP contribution in [-0.4, -0.2) is 29.8 Å². The van der Waals surface area contributed by atoms with Gasteiger partial charge in [-0.1, -0.05) is 146 Å². The Kier molecular flexibility index (Phi) is 9.33. The van der Waals surface area contributed by atoms with Crippen LogP contribution in [0.15, 0.2) is 267 Å². The Morgan fingerprint density at radius 1 is 0.175 bits per heavy atom. The summed E-state index contributed by atoms with van der Waals surface area (Å²) in [5.74, 6) is -0.290. The summed E-state index contributed by atoms with van der Waals surface area (Å²) in [6.07, 6.45) is 0. The van der Waals surface area contributed by atoms with Gasteiger partial charge in [0.05, 0.1) is 44.1 Å². The number of rotatable bonds is 4. The molecule has 0 bridgehead atoms. The molecule has 4 aromatic heterocycles. The van der Waals surface area contributed by atoms with E-state index in [0.717, 1.165) is 110 Å². The van der Waals surface area contributed by atoms with Crippen molar-refractivity contribution in [1.82, 2.24) is 18.3 Å². The van der Waals surface area contributed by atoms with E-state index in [1.54, 1.807) is 0 Å². The molecule has 0 atom stereocenters. The maximum Gasteiger partial charge on any atom is 0.194 e. The van der Waals surface area contributed by atoms with E-state index >= 15 is 9.59 Å². The summed E-state index contributed by atoms with van der Waals surface area (Å²) >= 11 is 0. The van der Waals surface area contributed by atoms with Crippen molar-refractivity contribution in [1.29, 1.82) is 0 Å². The lowest BCUT2D eigenvalue weighted by Gasteiger charge is -2.23. The Morgan fingerprint density at radius 3 is 0.512 bits per heavy atom. The minimum absolute atomic E-state index is 0.145. The normalized spacial score (nSPS) is 12.6. The van der Waals surface area contributed by atoms with E-state index in [1.165, 1.54) is 0 Å². The van der Waals surface area contributed by atoms with Gasteiger partial charge in [0.1, 0.15) is 0 Å². The van der Waals surface area contributed by atoms with Gasteiger partial charge in [-0.2, -0.15) is 0 Å². The number of nitrogens with zero attached hydrogens (tertiary/aromatic N) is 4. The van der Waals surface area contributed by atoms with E-state index < -0.39 is 0 Å². The summed E-state index contributed by atoms with van der Waals surface area (Å²) in [6.45, 7) is 0. The van der Waals surface area contributed by atoms with Gasteiger partial charge in [-0.05, 0) is 144 Å². The molecule has 1 aliphatic carbocycles. The number of hydrogen-bond acceptors (Lipinski definition) is 2. The number of ketones is 2. The molecule has 0 radical (unpaired) electrons. The predicted octanol–water partition coefficient (Wildman–Crippen LogP) is 18.2. The van der Waals surface area contributed by atoms with Crippen LogP contribution in [0.3, 0.4) is 0 Å². The van der Waals surface area contributed by atoms with Crippen molar-refractivity contribution < 1.29 is 9.59 Å². The predicted molar refractivity (Wildman–Crippen MR) is 328 cm³/mol. The zero-order valence-electron chi connectivity index (χ0n) is 43.0. The molecule has 0 fully saturated rings. The molecule has 0 N–H and O–H groups in total. The summed E-state index contributed by atoms with van der Waals surface area (Å²) in [7, 11) is 0. The summed E-state index contributed by atoms with van der Waals surface area (Å²) in [5, 5.41) is 9.06.